The van der Waals surface area contributed by atoms with Crippen LogP contribution in [0, 0.1) is 11.8 Å². The zero-order valence-electron chi connectivity index (χ0n) is 8.85. The monoisotopic (exact) mass is 285 g/mol. The molecule has 0 unspecified atom stereocenters. The third kappa shape index (κ3) is 3.27. The van der Waals surface area contributed by atoms with Gasteiger partial charge < -0.3 is 0 Å². The molecule has 0 saturated carbocycles. The number of aldehydes is 1. The maximum absolute atomic E-state index is 10.5. The van der Waals surface area contributed by atoms with Crippen LogP contribution < -0.4 is 0 Å². The number of rotatable bonds is 1. The standard InChI is InChI=1S/C14H8BrNO/c15-14-7-13(8-16-9-14)6-3-11-1-4-12(10-17)5-2-11/h1-2,4-5,7-10H. The van der Waals surface area contributed by atoms with Crippen LogP contribution in [0.15, 0.2) is 47.2 Å². The van der Waals surface area contributed by atoms with E-state index >= 15 is 0 Å². The fourth-order valence-corrected chi connectivity index (χ4v) is 1.63. The van der Waals surface area contributed by atoms with Gasteiger partial charge in [0.1, 0.15) is 6.29 Å². The van der Waals surface area contributed by atoms with Gasteiger partial charge in [-0.2, -0.15) is 0 Å². The zero-order chi connectivity index (χ0) is 12.1. The van der Waals surface area contributed by atoms with E-state index in [1.807, 2.05) is 18.2 Å². The van der Waals surface area contributed by atoms with Crippen molar-refractivity contribution < 1.29 is 4.79 Å². The van der Waals surface area contributed by atoms with Crippen molar-refractivity contribution in [1.29, 1.82) is 0 Å². The molecular formula is C14H8BrNO. The highest BCUT2D eigenvalue weighted by Crippen LogP contribution is 2.08. The molecule has 0 N–H and O–H groups in total. The lowest BCUT2D eigenvalue weighted by molar-refractivity contribution is 0.112. The van der Waals surface area contributed by atoms with E-state index in [-0.39, 0.29) is 0 Å². The van der Waals surface area contributed by atoms with Crippen LogP contribution in [-0.2, 0) is 0 Å². The third-order valence-corrected chi connectivity index (χ3v) is 2.54. The summed E-state index contributed by atoms with van der Waals surface area (Å²) in [4.78, 5) is 14.5. The first kappa shape index (κ1) is 11.6. The van der Waals surface area contributed by atoms with Crippen LogP contribution >= 0.6 is 15.9 Å². The Morgan fingerprint density at radius 3 is 2.41 bits per heavy atom. The molecule has 82 valence electrons. The van der Waals surface area contributed by atoms with Crippen molar-refractivity contribution in [2.75, 3.05) is 0 Å². The molecule has 0 spiro atoms. The Balaban J connectivity index is 2.23. The SMILES string of the molecule is O=Cc1ccc(C#Cc2cncc(Br)c2)cc1. The van der Waals surface area contributed by atoms with Gasteiger partial charge in [-0.15, -0.1) is 0 Å². The number of carbonyl (C=O) groups excluding carboxylic acids is 1. The smallest absolute Gasteiger partial charge is 0.150 e. The van der Waals surface area contributed by atoms with Crippen molar-refractivity contribution in [3.8, 4) is 11.8 Å². The number of aromatic nitrogens is 1. The van der Waals surface area contributed by atoms with Gasteiger partial charge in [-0.25, -0.2) is 0 Å². The molecule has 0 aliphatic rings. The van der Waals surface area contributed by atoms with E-state index < -0.39 is 0 Å². The van der Waals surface area contributed by atoms with Gasteiger partial charge in [-0.05, 0) is 34.1 Å². The summed E-state index contributed by atoms with van der Waals surface area (Å²) in [6, 6.07) is 9.04. The maximum Gasteiger partial charge on any atom is 0.150 e. The fraction of sp³-hybridized carbons (Fsp3) is 0. The highest BCUT2D eigenvalue weighted by molar-refractivity contribution is 9.10. The summed E-state index contributed by atoms with van der Waals surface area (Å²) in [5, 5.41) is 0. The van der Waals surface area contributed by atoms with Crippen LogP contribution in [-0.4, -0.2) is 11.3 Å². The third-order valence-electron chi connectivity index (χ3n) is 2.10. The first-order chi connectivity index (χ1) is 8.28. The van der Waals surface area contributed by atoms with Gasteiger partial charge >= 0.3 is 0 Å². The molecule has 0 aliphatic heterocycles. The normalized spacial score (nSPS) is 9.24. The molecule has 17 heavy (non-hydrogen) atoms. The molecule has 2 aromatic rings. The molecule has 0 amide bonds. The lowest BCUT2D eigenvalue weighted by Gasteiger charge is -1.92. The Bertz CT molecular complexity index is 594. The van der Waals surface area contributed by atoms with Gasteiger partial charge in [0, 0.05) is 33.6 Å². The molecule has 0 fully saturated rings. The predicted molar refractivity (Wildman–Crippen MR) is 69.7 cm³/mol. The summed E-state index contributed by atoms with van der Waals surface area (Å²) >= 11 is 3.34. The van der Waals surface area contributed by atoms with Gasteiger partial charge in [0.25, 0.3) is 0 Å². The van der Waals surface area contributed by atoms with Crippen LogP contribution in [0.4, 0.5) is 0 Å². The minimum absolute atomic E-state index is 0.652. The van der Waals surface area contributed by atoms with E-state index in [4.69, 9.17) is 0 Å². The van der Waals surface area contributed by atoms with Crippen LogP contribution in [0.5, 0.6) is 0 Å². The van der Waals surface area contributed by atoms with Crippen molar-refractivity contribution in [2.45, 2.75) is 0 Å². The predicted octanol–water partition coefficient (Wildman–Crippen LogP) is 3.06. The molecule has 0 atom stereocenters. The Hall–Kier alpha value is -1.92. The van der Waals surface area contributed by atoms with E-state index in [0.717, 1.165) is 21.9 Å². The van der Waals surface area contributed by atoms with Gasteiger partial charge in [-0.1, -0.05) is 24.0 Å². The van der Waals surface area contributed by atoms with E-state index in [1.54, 1.807) is 24.5 Å². The Kier molecular flexibility index (Phi) is 3.69. The molecule has 3 heteroatoms. The van der Waals surface area contributed by atoms with E-state index in [1.165, 1.54) is 0 Å². The number of hydrogen-bond donors (Lipinski definition) is 0. The molecule has 1 aromatic heterocycles. The summed E-state index contributed by atoms with van der Waals surface area (Å²) in [5.41, 5.74) is 2.37. The molecule has 0 radical (unpaired) electrons. The summed E-state index contributed by atoms with van der Waals surface area (Å²) in [7, 11) is 0. The molecule has 0 bridgehead atoms. The van der Waals surface area contributed by atoms with Crippen LogP contribution in [0.3, 0.4) is 0 Å². The Morgan fingerprint density at radius 2 is 1.76 bits per heavy atom. The fourth-order valence-electron chi connectivity index (χ4n) is 1.27. The van der Waals surface area contributed by atoms with Crippen molar-refractivity contribution in [1.82, 2.24) is 4.98 Å². The molecule has 2 rings (SSSR count). The first-order valence-electron chi connectivity index (χ1n) is 4.96. The molecule has 2 nitrogen and oxygen atoms in total. The molecular weight excluding hydrogens is 278 g/mol. The molecule has 1 heterocycles. The average molecular weight is 286 g/mol. The van der Waals surface area contributed by atoms with Crippen LogP contribution in [0.25, 0.3) is 0 Å². The topological polar surface area (TPSA) is 30.0 Å². The minimum atomic E-state index is 0.652. The lowest BCUT2D eigenvalue weighted by atomic mass is 10.1. The van der Waals surface area contributed by atoms with Crippen molar-refractivity contribution in [3.05, 3.63) is 63.9 Å². The van der Waals surface area contributed by atoms with Crippen molar-refractivity contribution in [2.24, 2.45) is 0 Å². The van der Waals surface area contributed by atoms with Gasteiger partial charge in [-0.3, -0.25) is 9.78 Å². The highest BCUT2D eigenvalue weighted by atomic mass is 79.9. The van der Waals surface area contributed by atoms with E-state index in [9.17, 15) is 4.79 Å². The lowest BCUT2D eigenvalue weighted by Crippen LogP contribution is -1.81. The van der Waals surface area contributed by atoms with Crippen molar-refractivity contribution >= 4 is 22.2 Å². The number of benzene rings is 1. The second kappa shape index (κ2) is 5.42. The minimum Gasteiger partial charge on any atom is -0.298 e. The maximum atomic E-state index is 10.5. The Morgan fingerprint density at radius 1 is 1.06 bits per heavy atom. The second-order valence-corrected chi connectivity index (χ2v) is 4.30. The van der Waals surface area contributed by atoms with Gasteiger partial charge in [0.2, 0.25) is 0 Å². The van der Waals surface area contributed by atoms with Crippen molar-refractivity contribution in [3.63, 3.8) is 0 Å². The number of halogens is 1. The van der Waals surface area contributed by atoms with Gasteiger partial charge in [0.05, 0.1) is 0 Å². The Labute approximate surface area is 108 Å². The molecule has 0 aliphatic carbocycles. The van der Waals surface area contributed by atoms with Crippen LogP contribution in [0.1, 0.15) is 21.5 Å². The van der Waals surface area contributed by atoms with Crippen LogP contribution in [0.2, 0.25) is 0 Å². The van der Waals surface area contributed by atoms with E-state index in [2.05, 4.69) is 32.8 Å². The molecule has 1 aromatic carbocycles. The summed E-state index contributed by atoms with van der Waals surface area (Å²) in [6.07, 6.45) is 4.23. The molecule has 0 saturated heterocycles. The number of hydrogen-bond acceptors (Lipinski definition) is 2. The van der Waals surface area contributed by atoms with Gasteiger partial charge in [0.15, 0.2) is 0 Å². The largest absolute Gasteiger partial charge is 0.298 e. The first-order valence-corrected chi connectivity index (χ1v) is 5.75. The zero-order valence-corrected chi connectivity index (χ0v) is 10.4. The summed E-state index contributed by atoms with van der Waals surface area (Å²) in [5.74, 6) is 6.02. The summed E-state index contributed by atoms with van der Waals surface area (Å²) < 4.78 is 0.903. The van der Waals surface area contributed by atoms with E-state index in [0.29, 0.717) is 5.56 Å². The quantitative estimate of drug-likeness (QED) is 0.595. The number of carbonyl (C=O) groups is 1. The summed E-state index contributed by atoms with van der Waals surface area (Å²) in [6.45, 7) is 0. The second-order valence-electron chi connectivity index (χ2n) is 3.38. The number of nitrogens with zero attached hydrogens (tertiary/aromatic N) is 1. The highest BCUT2D eigenvalue weighted by Gasteiger charge is 1.91. The number of pyridine rings is 1. The average Bonchev–Trinajstić information content (AvgIpc) is 2.37.